The molecule has 92 valence electrons. The van der Waals surface area contributed by atoms with Crippen molar-refractivity contribution in [1.29, 1.82) is 0 Å². The molecule has 0 fully saturated rings. The number of hydrogen-bond acceptors (Lipinski definition) is 3. The molecule has 17 heavy (non-hydrogen) atoms. The van der Waals surface area contributed by atoms with Crippen molar-refractivity contribution in [3.63, 3.8) is 0 Å². The predicted molar refractivity (Wildman–Crippen MR) is 67.7 cm³/mol. The lowest BCUT2D eigenvalue weighted by Crippen LogP contribution is -2.01. The second kappa shape index (κ2) is 7.09. The minimum Gasteiger partial charge on any atom is -0.466 e. The van der Waals surface area contributed by atoms with Crippen molar-refractivity contribution >= 4 is 23.6 Å². The average Bonchev–Trinajstić information content (AvgIpc) is 2.31. The summed E-state index contributed by atoms with van der Waals surface area (Å²) in [7, 11) is 0. The highest BCUT2D eigenvalue weighted by atomic mass is 35.5. The molecule has 0 radical (unpaired) electrons. The van der Waals surface area contributed by atoms with Gasteiger partial charge in [0.25, 0.3) is 0 Å². The fraction of sp³-hybridized carbons (Fsp3) is 0.308. The minimum atomic E-state index is -0.250. The molecule has 0 unspecified atom stereocenters. The number of esters is 1. The number of carbonyl (C=O) groups is 1. The predicted octanol–water partition coefficient (Wildman–Crippen LogP) is 2.80. The largest absolute Gasteiger partial charge is 0.466 e. The lowest BCUT2D eigenvalue weighted by molar-refractivity contribution is -0.142. The van der Waals surface area contributed by atoms with Gasteiger partial charge in [0, 0.05) is 5.02 Å². The van der Waals surface area contributed by atoms with Crippen molar-refractivity contribution in [3.05, 3.63) is 40.4 Å². The maximum Gasteiger partial charge on any atom is 0.309 e. The van der Waals surface area contributed by atoms with E-state index in [0.717, 1.165) is 5.56 Å². The van der Waals surface area contributed by atoms with Gasteiger partial charge in [0.1, 0.15) is 0 Å². The van der Waals surface area contributed by atoms with Crippen molar-refractivity contribution in [1.82, 2.24) is 0 Å². The Labute approximate surface area is 106 Å². The fourth-order valence-corrected chi connectivity index (χ4v) is 1.51. The van der Waals surface area contributed by atoms with Crippen LogP contribution in [0.3, 0.4) is 0 Å². The summed E-state index contributed by atoms with van der Waals surface area (Å²) in [5, 5.41) is 9.58. The Morgan fingerprint density at radius 2 is 2.29 bits per heavy atom. The summed E-state index contributed by atoms with van der Waals surface area (Å²) >= 11 is 5.86. The molecule has 0 saturated carbocycles. The number of halogens is 1. The normalized spacial score (nSPS) is 10.8. The van der Waals surface area contributed by atoms with Crippen LogP contribution in [0.25, 0.3) is 6.08 Å². The van der Waals surface area contributed by atoms with E-state index in [9.17, 15) is 4.79 Å². The smallest absolute Gasteiger partial charge is 0.309 e. The van der Waals surface area contributed by atoms with Gasteiger partial charge in [-0.05, 0) is 30.2 Å². The highest BCUT2D eigenvalue weighted by Gasteiger charge is 2.00. The van der Waals surface area contributed by atoms with Gasteiger partial charge >= 0.3 is 5.97 Å². The second-order valence-corrected chi connectivity index (χ2v) is 3.83. The van der Waals surface area contributed by atoms with Gasteiger partial charge in [0.15, 0.2) is 0 Å². The molecule has 3 nitrogen and oxygen atoms in total. The first-order valence-electron chi connectivity index (χ1n) is 5.38. The maximum atomic E-state index is 11.1. The molecule has 0 aliphatic carbocycles. The van der Waals surface area contributed by atoms with Crippen molar-refractivity contribution in [2.45, 2.75) is 20.0 Å². The lowest BCUT2D eigenvalue weighted by atomic mass is 10.1. The van der Waals surface area contributed by atoms with Crippen LogP contribution in [-0.2, 0) is 16.1 Å². The van der Waals surface area contributed by atoms with Crippen LogP contribution < -0.4 is 0 Å². The molecule has 1 aromatic rings. The van der Waals surface area contributed by atoms with E-state index < -0.39 is 0 Å². The molecule has 0 aromatic heterocycles. The van der Waals surface area contributed by atoms with Gasteiger partial charge in [0.05, 0.1) is 19.6 Å². The summed E-state index contributed by atoms with van der Waals surface area (Å²) in [5.74, 6) is -0.250. The third kappa shape index (κ3) is 4.59. The van der Waals surface area contributed by atoms with Crippen LogP contribution in [0.2, 0.25) is 5.02 Å². The zero-order valence-corrected chi connectivity index (χ0v) is 10.4. The van der Waals surface area contributed by atoms with Crippen molar-refractivity contribution in [2.24, 2.45) is 0 Å². The van der Waals surface area contributed by atoms with Gasteiger partial charge in [0.2, 0.25) is 0 Å². The first-order chi connectivity index (χ1) is 8.17. The molecule has 0 aliphatic heterocycles. The zero-order chi connectivity index (χ0) is 12.7. The van der Waals surface area contributed by atoms with E-state index in [1.165, 1.54) is 0 Å². The molecule has 0 heterocycles. The molecule has 0 bridgehead atoms. The zero-order valence-electron chi connectivity index (χ0n) is 9.65. The maximum absolute atomic E-state index is 11.1. The number of benzene rings is 1. The van der Waals surface area contributed by atoms with Gasteiger partial charge in [-0.2, -0.15) is 0 Å². The van der Waals surface area contributed by atoms with Crippen molar-refractivity contribution in [3.8, 4) is 0 Å². The summed E-state index contributed by atoms with van der Waals surface area (Å²) in [6, 6.07) is 5.32. The van der Waals surface area contributed by atoms with E-state index in [1.54, 1.807) is 31.2 Å². The number of ether oxygens (including phenoxy) is 1. The third-order valence-electron chi connectivity index (χ3n) is 2.14. The van der Waals surface area contributed by atoms with E-state index in [2.05, 4.69) is 0 Å². The van der Waals surface area contributed by atoms with Crippen LogP contribution in [0, 0.1) is 0 Å². The van der Waals surface area contributed by atoms with E-state index in [-0.39, 0.29) is 19.0 Å². The Balaban J connectivity index is 2.62. The summed E-state index contributed by atoms with van der Waals surface area (Å²) in [6.07, 6.45) is 3.76. The summed E-state index contributed by atoms with van der Waals surface area (Å²) in [4.78, 5) is 11.1. The number of aliphatic hydroxyl groups excluding tert-OH is 1. The third-order valence-corrected chi connectivity index (χ3v) is 2.51. The molecular formula is C13H15ClO3. The molecule has 0 saturated heterocycles. The van der Waals surface area contributed by atoms with Gasteiger partial charge < -0.3 is 9.84 Å². The molecule has 0 amide bonds. The molecule has 1 aromatic carbocycles. The van der Waals surface area contributed by atoms with Crippen molar-refractivity contribution < 1.29 is 14.6 Å². The number of rotatable bonds is 5. The molecule has 1 N–H and O–H groups in total. The van der Waals surface area contributed by atoms with Crippen LogP contribution in [0.1, 0.15) is 24.5 Å². The Morgan fingerprint density at radius 1 is 1.53 bits per heavy atom. The lowest BCUT2D eigenvalue weighted by Gasteiger charge is -2.01. The number of hydrogen-bond donors (Lipinski definition) is 1. The van der Waals surface area contributed by atoms with Crippen molar-refractivity contribution in [2.75, 3.05) is 6.61 Å². The van der Waals surface area contributed by atoms with Crippen LogP contribution in [-0.4, -0.2) is 17.7 Å². The quantitative estimate of drug-likeness (QED) is 0.822. The Kier molecular flexibility index (Phi) is 5.73. The molecule has 4 heteroatoms. The first kappa shape index (κ1) is 13.7. The Hall–Kier alpha value is -1.32. The van der Waals surface area contributed by atoms with E-state index in [4.69, 9.17) is 21.4 Å². The van der Waals surface area contributed by atoms with E-state index >= 15 is 0 Å². The van der Waals surface area contributed by atoms with Crippen LogP contribution >= 0.6 is 11.6 Å². The van der Waals surface area contributed by atoms with Gasteiger partial charge in [-0.3, -0.25) is 4.79 Å². The fourth-order valence-electron chi connectivity index (χ4n) is 1.33. The topological polar surface area (TPSA) is 46.5 Å². The van der Waals surface area contributed by atoms with Gasteiger partial charge in [-0.1, -0.05) is 29.8 Å². The van der Waals surface area contributed by atoms with Crippen LogP contribution in [0.15, 0.2) is 24.3 Å². The van der Waals surface area contributed by atoms with Gasteiger partial charge in [-0.15, -0.1) is 0 Å². The number of carbonyl (C=O) groups excluding carboxylic acids is 1. The molecule has 0 spiro atoms. The van der Waals surface area contributed by atoms with E-state index in [1.807, 2.05) is 6.07 Å². The molecule has 0 aliphatic rings. The SMILES string of the molecule is CCOC(=O)CC=Cc1ccc(Cl)c(CO)c1. The Morgan fingerprint density at radius 3 is 2.94 bits per heavy atom. The highest BCUT2D eigenvalue weighted by Crippen LogP contribution is 2.18. The second-order valence-electron chi connectivity index (χ2n) is 3.42. The Bertz CT molecular complexity index is 413. The highest BCUT2D eigenvalue weighted by molar-refractivity contribution is 6.31. The summed E-state index contributed by atoms with van der Waals surface area (Å²) < 4.78 is 4.79. The standard InChI is InChI=1S/C13H15ClO3/c1-2-17-13(16)5-3-4-10-6-7-12(14)11(8-10)9-15/h3-4,6-8,15H,2,5,9H2,1H3. The molecule has 0 atom stereocenters. The van der Waals surface area contributed by atoms with Crippen LogP contribution in [0.5, 0.6) is 0 Å². The molecular weight excluding hydrogens is 240 g/mol. The monoisotopic (exact) mass is 254 g/mol. The van der Waals surface area contributed by atoms with Crippen LogP contribution in [0.4, 0.5) is 0 Å². The minimum absolute atomic E-state index is 0.0988. The first-order valence-corrected chi connectivity index (χ1v) is 5.76. The van der Waals surface area contributed by atoms with E-state index in [0.29, 0.717) is 17.2 Å². The number of aliphatic hydroxyl groups is 1. The molecule has 1 rings (SSSR count). The summed E-state index contributed by atoms with van der Waals surface area (Å²) in [6.45, 7) is 2.06. The van der Waals surface area contributed by atoms with Gasteiger partial charge in [-0.25, -0.2) is 0 Å². The summed E-state index contributed by atoms with van der Waals surface area (Å²) in [5.41, 5.74) is 1.56. The average molecular weight is 255 g/mol.